The van der Waals surface area contributed by atoms with Gasteiger partial charge in [0.15, 0.2) is 0 Å². The van der Waals surface area contributed by atoms with E-state index < -0.39 is 0 Å². The second kappa shape index (κ2) is 9.87. The lowest BCUT2D eigenvalue weighted by Crippen LogP contribution is -2.09. The van der Waals surface area contributed by atoms with Gasteiger partial charge in [0.25, 0.3) is 0 Å². The average molecular weight is 412 g/mol. The van der Waals surface area contributed by atoms with E-state index in [0.717, 1.165) is 0 Å². The quantitative estimate of drug-likeness (QED) is 0.286. The van der Waals surface area contributed by atoms with Crippen LogP contribution in [0.15, 0.2) is 126 Å². The Labute approximate surface area is 180 Å². The highest BCUT2D eigenvalue weighted by Gasteiger charge is 2.10. The standard InChI is InChI=1S/C18H15N.C8H6S2/c1-4-10-16(11-5-1)19(17-12-6-2-7-13-17)18-14-8-3-9-15-18;1-3-7(9-5-1)8-4-2-6-10-8/h1-15H;1-6H. The normalized spacial score (nSPS) is 10.1. The first kappa shape index (κ1) is 19.2. The van der Waals surface area contributed by atoms with Crippen molar-refractivity contribution in [2.75, 3.05) is 4.90 Å². The molecule has 2 aromatic heterocycles. The van der Waals surface area contributed by atoms with Gasteiger partial charge in [-0.2, -0.15) is 0 Å². The Morgan fingerprint density at radius 2 is 0.724 bits per heavy atom. The maximum atomic E-state index is 2.25. The molecule has 0 radical (unpaired) electrons. The van der Waals surface area contributed by atoms with E-state index in [4.69, 9.17) is 0 Å². The lowest BCUT2D eigenvalue weighted by molar-refractivity contribution is 1.28. The van der Waals surface area contributed by atoms with Crippen molar-refractivity contribution in [3.8, 4) is 9.75 Å². The maximum absolute atomic E-state index is 2.25. The van der Waals surface area contributed by atoms with Crippen LogP contribution >= 0.6 is 22.7 Å². The van der Waals surface area contributed by atoms with Gasteiger partial charge in [-0.3, -0.25) is 0 Å². The molecule has 5 aromatic rings. The van der Waals surface area contributed by atoms with Gasteiger partial charge in [-0.25, -0.2) is 0 Å². The maximum Gasteiger partial charge on any atom is 0.0461 e. The molecule has 0 saturated carbocycles. The smallest absolute Gasteiger partial charge is 0.0461 e. The first-order valence-corrected chi connectivity index (χ1v) is 11.2. The third-order valence-corrected chi connectivity index (χ3v) is 6.26. The molecule has 3 aromatic carbocycles. The topological polar surface area (TPSA) is 3.24 Å². The summed E-state index contributed by atoms with van der Waals surface area (Å²) in [6, 6.07) is 39.7. The molecular formula is C26H21NS2. The summed E-state index contributed by atoms with van der Waals surface area (Å²) >= 11 is 3.58. The first-order chi connectivity index (χ1) is 14.4. The zero-order chi connectivity index (χ0) is 19.7. The predicted molar refractivity (Wildman–Crippen MR) is 129 cm³/mol. The number of rotatable bonds is 4. The molecule has 0 aliphatic rings. The van der Waals surface area contributed by atoms with Crippen LogP contribution in [0, 0.1) is 0 Å². The van der Waals surface area contributed by atoms with Crippen molar-refractivity contribution in [2.45, 2.75) is 0 Å². The molecule has 0 fully saturated rings. The van der Waals surface area contributed by atoms with Gasteiger partial charge in [0.1, 0.15) is 0 Å². The Balaban J connectivity index is 0.000000171. The number of anilines is 3. The summed E-state index contributed by atoms with van der Waals surface area (Å²) in [7, 11) is 0. The van der Waals surface area contributed by atoms with E-state index in [1.165, 1.54) is 26.8 Å². The molecule has 2 heterocycles. The lowest BCUT2D eigenvalue weighted by Gasteiger charge is -2.25. The number of hydrogen-bond acceptors (Lipinski definition) is 3. The van der Waals surface area contributed by atoms with E-state index >= 15 is 0 Å². The highest BCUT2D eigenvalue weighted by atomic mass is 32.1. The summed E-state index contributed by atoms with van der Waals surface area (Å²) in [5.41, 5.74) is 3.50. The Kier molecular flexibility index (Phi) is 6.53. The van der Waals surface area contributed by atoms with E-state index in [2.05, 4.69) is 113 Å². The molecule has 1 nitrogen and oxygen atoms in total. The van der Waals surface area contributed by atoms with Gasteiger partial charge in [-0.05, 0) is 59.3 Å². The summed E-state index contributed by atoms with van der Waals surface area (Å²) in [5, 5.41) is 4.21. The number of benzene rings is 3. The van der Waals surface area contributed by atoms with Crippen molar-refractivity contribution in [3.63, 3.8) is 0 Å². The van der Waals surface area contributed by atoms with E-state index in [0.29, 0.717) is 0 Å². The van der Waals surface area contributed by atoms with Crippen LogP contribution in [0.2, 0.25) is 0 Å². The molecule has 0 aliphatic carbocycles. The molecule has 0 amide bonds. The molecule has 0 aliphatic heterocycles. The van der Waals surface area contributed by atoms with E-state index in [1.54, 1.807) is 22.7 Å². The SMILES string of the molecule is c1ccc(N(c2ccccc2)c2ccccc2)cc1.c1csc(-c2cccs2)c1. The van der Waals surface area contributed by atoms with E-state index in [-0.39, 0.29) is 0 Å². The summed E-state index contributed by atoms with van der Waals surface area (Å²) < 4.78 is 0. The molecule has 0 spiro atoms. The number of para-hydroxylation sites is 3. The summed E-state index contributed by atoms with van der Waals surface area (Å²) in [5.74, 6) is 0. The molecule has 0 unspecified atom stereocenters. The van der Waals surface area contributed by atoms with E-state index in [1.807, 2.05) is 18.2 Å². The molecule has 0 atom stereocenters. The number of thiophene rings is 2. The molecule has 142 valence electrons. The summed E-state index contributed by atoms with van der Waals surface area (Å²) in [4.78, 5) is 4.99. The molecular weight excluding hydrogens is 390 g/mol. The molecule has 5 rings (SSSR count). The van der Waals surface area contributed by atoms with Gasteiger partial charge >= 0.3 is 0 Å². The fourth-order valence-corrected chi connectivity index (χ4v) is 4.59. The van der Waals surface area contributed by atoms with Crippen molar-refractivity contribution >= 4 is 39.7 Å². The fourth-order valence-electron chi connectivity index (χ4n) is 3.02. The Morgan fingerprint density at radius 3 is 1.00 bits per heavy atom. The van der Waals surface area contributed by atoms with Crippen molar-refractivity contribution < 1.29 is 0 Å². The lowest BCUT2D eigenvalue weighted by atomic mass is 10.2. The van der Waals surface area contributed by atoms with Crippen molar-refractivity contribution in [2.24, 2.45) is 0 Å². The Hall–Kier alpha value is -3.14. The highest BCUT2D eigenvalue weighted by Crippen LogP contribution is 2.33. The minimum Gasteiger partial charge on any atom is -0.311 e. The van der Waals surface area contributed by atoms with Gasteiger partial charge in [-0.15, -0.1) is 22.7 Å². The molecule has 29 heavy (non-hydrogen) atoms. The summed E-state index contributed by atoms with van der Waals surface area (Å²) in [6.07, 6.45) is 0. The van der Waals surface area contributed by atoms with Crippen molar-refractivity contribution in [1.29, 1.82) is 0 Å². The van der Waals surface area contributed by atoms with Crippen molar-refractivity contribution in [3.05, 3.63) is 126 Å². The van der Waals surface area contributed by atoms with Crippen LogP contribution in [0.3, 0.4) is 0 Å². The summed E-state index contributed by atoms with van der Waals surface area (Å²) in [6.45, 7) is 0. The second-order valence-corrected chi connectivity index (χ2v) is 8.19. The van der Waals surface area contributed by atoms with Crippen molar-refractivity contribution in [1.82, 2.24) is 0 Å². The van der Waals surface area contributed by atoms with Crippen LogP contribution in [-0.2, 0) is 0 Å². The zero-order valence-corrected chi connectivity index (χ0v) is 17.5. The van der Waals surface area contributed by atoms with Crippen LogP contribution in [0.5, 0.6) is 0 Å². The fraction of sp³-hybridized carbons (Fsp3) is 0. The molecule has 0 bridgehead atoms. The van der Waals surface area contributed by atoms with Gasteiger partial charge in [0.05, 0.1) is 0 Å². The Morgan fingerprint density at radius 1 is 0.379 bits per heavy atom. The molecule has 0 saturated heterocycles. The van der Waals surface area contributed by atoms with Crippen LogP contribution in [0.1, 0.15) is 0 Å². The minimum atomic E-state index is 1.17. The van der Waals surface area contributed by atoms with Crippen LogP contribution in [0.4, 0.5) is 17.1 Å². The first-order valence-electron chi connectivity index (χ1n) is 9.44. The third kappa shape index (κ3) is 5.02. The van der Waals surface area contributed by atoms with Crippen LogP contribution < -0.4 is 4.90 Å². The zero-order valence-electron chi connectivity index (χ0n) is 15.9. The van der Waals surface area contributed by atoms with Gasteiger partial charge < -0.3 is 4.90 Å². The predicted octanol–water partition coefficient (Wildman–Crippen LogP) is 8.63. The molecule has 3 heteroatoms. The average Bonchev–Trinajstić information content (AvgIpc) is 3.51. The van der Waals surface area contributed by atoms with Gasteiger partial charge in [0, 0.05) is 26.8 Å². The van der Waals surface area contributed by atoms with Crippen LogP contribution in [-0.4, -0.2) is 0 Å². The molecule has 0 N–H and O–H groups in total. The van der Waals surface area contributed by atoms with Crippen LogP contribution in [0.25, 0.3) is 9.75 Å². The van der Waals surface area contributed by atoms with Gasteiger partial charge in [-0.1, -0.05) is 66.7 Å². The largest absolute Gasteiger partial charge is 0.311 e. The Bertz CT molecular complexity index is 946. The minimum absolute atomic E-state index is 1.17. The monoisotopic (exact) mass is 411 g/mol. The third-order valence-electron chi connectivity index (χ3n) is 4.33. The highest BCUT2D eigenvalue weighted by molar-refractivity contribution is 7.20. The second-order valence-electron chi connectivity index (χ2n) is 6.30. The van der Waals surface area contributed by atoms with Gasteiger partial charge in [0.2, 0.25) is 0 Å². The number of nitrogens with zero attached hydrogens (tertiary/aromatic N) is 1. The van der Waals surface area contributed by atoms with E-state index in [9.17, 15) is 0 Å². The number of hydrogen-bond donors (Lipinski definition) is 0.